The summed E-state index contributed by atoms with van der Waals surface area (Å²) in [5, 5.41) is 20.5. The lowest BCUT2D eigenvalue weighted by Crippen LogP contribution is -2.24. The monoisotopic (exact) mass is 264 g/mol. The van der Waals surface area contributed by atoms with Gasteiger partial charge in [-0.05, 0) is 19.0 Å². The Hall–Kier alpha value is -1.79. The van der Waals surface area contributed by atoms with Crippen molar-refractivity contribution in [2.45, 2.75) is 19.1 Å². The Kier molecular flexibility index (Phi) is 5.00. The van der Waals surface area contributed by atoms with Crippen molar-refractivity contribution in [2.75, 3.05) is 13.1 Å². The molecular weight excluding hydrogens is 247 g/mol. The van der Waals surface area contributed by atoms with Crippen molar-refractivity contribution in [3.63, 3.8) is 0 Å². The van der Waals surface area contributed by atoms with Gasteiger partial charge in [0, 0.05) is 24.8 Å². The third-order valence-electron chi connectivity index (χ3n) is 2.81. The number of halogens is 1. The third-order valence-corrected chi connectivity index (χ3v) is 2.81. The third kappa shape index (κ3) is 4.11. The first kappa shape index (κ1) is 13.6. The summed E-state index contributed by atoms with van der Waals surface area (Å²) in [6.45, 7) is 1.83. The van der Waals surface area contributed by atoms with Crippen LogP contribution in [0.3, 0.4) is 0 Å². The number of nitrogens with one attached hydrogen (secondary N) is 1. The summed E-state index contributed by atoms with van der Waals surface area (Å²) in [4.78, 5) is 0. The second-order valence-electron chi connectivity index (χ2n) is 4.26. The second kappa shape index (κ2) is 6.96. The van der Waals surface area contributed by atoms with Crippen molar-refractivity contribution in [1.82, 2.24) is 20.3 Å². The van der Waals surface area contributed by atoms with Crippen LogP contribution < -0.4 is 5.32 Å². The molecule has 0 radical (unpaired) electrons. The van der Waals surface area contributed by atoms with E-state index in [-0.39, 0.29) is 5.82 Å². The van der Waals surface area contributed by atoms with Crippen molar-refractivity contribution in [3.05, 3.63) is 48.0 Å². The van der Waals surface area contributed by atoms with E-state index in [1.807, 2.05) is 0 Å². The Labute approximate surface area is 111 Å². The zero-order chi connectivity index (χ0) is 13.5. The minimum Gasteiger partial charge on any atom is -0.387 e. The molecule has 2 rings (SSSR count). The van der Waals surface area contributed by atoms with Crippen molar-refractivity contribution in [1.29, 1.82) is 0 Å². The molecule has 5 nitrogen and oxygen atoms in total. The topological polar surface area (TPSA) is 63.0 Å². The number of nitrogens with zero attached hydrogens (tertiary/aromatic N) is 3. The number of aromatic nitrogens is 3. The van der Waals surface area contributed by atoms with Gasteiger partial charge < -0.3 is 10.4 Å². The van der Waals surface area contributed by atoms with Crippen LogP contribution in [0.5, 0.6) is 0 Å². The predicted molar refractivity (Wildman–Crippen MR) is 68.9 cm³/mol. The fourth-order valence-electron chi connectivity index (χ4n) is 1.81. The Morgan fingerprint density at radius 1 is 1.37 bits per heavy atom. The summed E-state index contributed by atoms with van der Waals surface area (Å²) < 4.78 is 15.1. The van der Waals surface area contributed by atoms with Gasteiger partial charge in [0.05, 0.1) is 12.3 Å². The Bertz CT molecular complexity index is 489. The molecule has 19 heavy (non-hydrogen) atoms. The van der Waals surface area contributed by atoms with Gasteiger partial charge in [-0.1, -0.05) is 23.4 Å². The van der Waals surface area contributed by atoms with Crippen molar-refractivity contribution in [3.8, 4) is 0 Å². The molecule has 0 bridgehead atoms. The molecule has 2 N–H and O–H groups in total. The van der Waals surface area contributed by atoms with E-state index in [4.69, 9.17) is 0 Å². The standard InChI is InChI=1S/C13H17FN4O/c14-12-5-2-1-4-11(12)13(19)10-15-6-3-8-18-9-7-16-17-18/h1-2,4-5,7,9,13,15,19H,3,6,8,10H2. The van der Waals surface area contributed by atoms with Crippen molar-refractivity contribution < 1.29 is 9.50 Å². The maximum atomic E-state index is 13.4. The highest BCUT2D eigenvalue weighted by atomic mass is 19.1. The van der Waals surface area contributed by atoms with E-state index >= 15 is 0 Å². The van der Waals surface area contributed by atoms with E-state index in [2.05, 4.69) is 15.6 Å². The lowest BCUT2D eigenvalue weighted by atomic mass is 10.1. The van der Waals surface area contributed by atoms with Gasteiger partial charge in [0.2, 0.25) is 0 Å². The van der Waals surface area contributed by atoms with E-state index in [1.54, 1.807) is 35.3 Å². The second-order valence-corrected chi connectivity index (χ2v) is 4.26. The van der Waals surface area contributed by atoms with Crippen LogP contribution in [0.25, 0.3) is 0 Å². The first-order valence-electron chi connectivity index (χ1n) is 6.24. The fraction of sp³-hybridized carbons (Fsp3) is 0.385. The molecule has 2 aromatic rings. The summed E-state index contributed by atoms with van der Waals surface area (Å²) in [5.74, 6) is -0.376. The average molecular weight is 264 g/mol. The van der Waals surface area contributed by atoms with Gasteiger partial charge in [0.1, 0.15) is 5.82 Å². The Balaban J connectivity index is 1.67. The normalized spacial score (nSPS) is 12.5. The summed E-state index contributed by atoms with van der Waals surface area (Å²) >= 11 is 0. The van der Waals surface area contributed by atoms with Crippen molar-refractivity contribution >= 4 is 0 Å². The van der Waals surface area contributed by atoms with Crippen molar-refractivity contribution in [2.24, 2.45) is 0 Å². The van der Waals surface area contributed by atoms with Crippen LogP contribution in [0.15, 0.2) is 36.7 Å². The number of aliphatic hydroxyl groups is 1. The SMILES string of the molecule is OC(CNCCCn1ccnn1)c1ccccc1F. The summed E-state index contributed by atoms with van der Waals surface area (Å²) in [5.41, 5.74) is 0.325. The quantitative estimate of drug-likeness (QED) is 0.736. The van der Waals surface area contributed by atoms with Gasteiger partial charge in [-0.3, -0.25) is 4.68 Å². The molecule has 6 heteroatoms. The van der Waals surface area contributed by atoms with Crippen LogP contribution in [-0.2, 0) is 6.54 Å². The number of rotatable bonds is 7. The van der Waals surface area contributed by atoms with Crippen LogP contribution in [0.4, 0.5) is 4.39 Å². The van der Waals surface area contributed by atoms with Crippen LogP contribution >= 0.6 is 0 Å². The van der Waals surface area contributed by atoms with Crippen LogP contribution in [0.2, 0.25) is 0 Å². The molecule has 0 aliphatic carbocycles. The zero-order valence-electron chi connectivity index (χ0n) is 10.5. The maximum absolute atomic E-state index is 13.4. The average Bonchev–Trinajstić information content (AvgIpc) is 2.92. The Morgan fingerprint density at radius 3 is 2.95 bits per heavy atom. The highest BCUT2D eigenvalue weighted by Crippen LogP contribution is 2.15. The number of aliphatic hydroxyl groups excluding tert-OH is 1. The van der Waals surface area contributed by atoms with Crippen LogP contribution in [0, 0.1) is 5.82 Å². The highest BCUT2D eigenvalue weighted by molar-refractivity contribution is 5.19. The summed E-state index contributed by atoms with van der Waals surface area (Å²) in [6.07, 6.45) is 3.48. The van der Waals surface area contributed by atoms with Gasteiger partial charge in [-0.15, -0.1) is 5.10 Å². The molecule has 0 amide bonds. The molecule has 0 aliphatic heterocycles. The lowest BCUT2D eigenvalue weighted by molar-refractivity contribution is 0.170. The molecular formula is C13H17FN4O. The van der Waals surface area contributed by atoms with E-state index in [0.29, 0.717) is 12.1 Å². The summed E-state index contributed by atoms with van der Waals surface area (Å²) in [7, 11) is 0. The molecule has 1 atom stereocenters. The molecule has 1 aromatic heterocycles. The number of hydrogen-bond acceptors (Lipinski definition) is 4. The zero-order valence-corrected chi connectivity index (χ0v) is 10.5. The first-order valence-corrected chi connectivity index (χ1v) is 6.24. The lowest BCUT2D eigenvalue weighted by Gasteiger charge is -2.12. The molecule has 1 aromatic carbocycles. The number of hydrogen-bond donors (Lipinski definition) is 2. The van der Waals surface area contributed by atoms with E-state index in [1.165, 1.54) is 6.07 Å². The fourth-order valence-corrected chi connectivity index (χ4v) is 1.81. The van der Waals surface area contributed by atoms with E-state index in [0.717, 1.165) is 19.5 Å². The largest absolute Gasteiger partial charge is 0.387 e. The molecule has 0 saturated heterocycles. The molecule has 0 aliphatic rings. The van der Waals surface area contributed by atoms with Gasteiger partial charge in [-0.25, -0.2) is 4.39 Å². The molecule has 1 unspecified atom stereocenters. The first-order chi connectivity index (χ1) is 9.27. The number of aryl methyl sites for hydroxylation is 1. The Morgan fingerprint density at radius 2 is 2.21 bits per heavy atom. The smallest absolute Gasteiger partial charge is 0.129 e. The van der Waals surface area contributed by atoms with Gasteiger partial charge in [-0.2, -0.15) is 0 Å². The van der Waals surface area contributed by atoms with E-state index < -0.39 is 6.10 Å². The summed E-state index contributed by atoms with van der Waals surface area (Å²) in [6, 6.07) is 6.27. The minimum absolute atomic E-state index is 0.325. The molecule has 0 saturated carbocycles. The van der Waals surface area contributed by atoms with Crippen LogP contribution in [-0.4, -0.2) is 33.2 Å². The van der Waals surface area contributed by atoms with E-state index in [9.17, 15) is 9.50 Å². The maximum Gasteiger partial charge on any atom is 0.129 e. The van der Waals surface area contributed by atoms with Gasteiger partial charge >= 0.3 is 0 Å². The number of benzene rings is 1. The van der Waals surface area contributed by atoms with Gasteiger partial charge in [0.15, 0.2) is 0 Å². The van der Waals surface area contributed by atoms with Gasteiger partial charge in [0.25, 0.3) is 0 Å². The molecule has 1 heterocycles. The highest BCUT2D eigenvalue weighted by Gasteiger charge is 2.10. The minimum atomic E-state index is -0.826. The predicted octanol–water partition coefficient (Wildman–Crippen LogP) is 1.13. The molecule has 0 spiro atoms. The molecule has 0 fully saturated rings. The van der Waals surface area contributed by atoms with Crippen LogP contribution in [0.1, 0.15) is 18.1 Å². The molecule has 102 valence electrons.